The lowest BCUT2D eigenvalue weighted by molar-refractivity contribution is 0.0565. The summed E-state index contributed by atoms with van der Waals surface area (Å²) in [7, 11) is 1.80. The molecule has 0 saturated heterocycles. The van der Waals surface area contributed by atoms with Crippen molar-refractivity contribution in [3.8, 4) is 5.75 Å². The van der Waals surface area contributed by atoms with Crippen LogP contribution in [0.25, 0.3) is 0 Å². The van der Waals surface area contributed by atoms with Gasteiger partial charge in [-0.25, -0.2) is 0 Å². The van der Waals surface area contributed by atoms with Gasteiger partial charge in [0.2, 0.25) is 0 Å². The van der Waals surface area contributed by atoms with Crippen LogP contribution in [0.15, 0.2) is 30.6 Å². The summed E-state index contributed by atoms with van der Waals surface area (Å²) in [5, 5.41) is 27.8. The molecule has 5 nitrogen and oxygen atoms in total. The first-order valence-electron chi connectivity index (χ1n) is 6.28. The van der Waals surface area contributed by atoms with Gasteiger partial charge in [0.1, 0.15) is 11.4 Å². The van der Waals surface area contributed by atoms with Crippen LogP contribution in [-0.2, 0) is 19.2 Å². The molecule has 1 unspecified atom stereocenters. The summed E-state index contributed by atoms with van der Waals surface area (Å²) in [6, 6.07) is 4.88. The van der Waals surface area contributed by atoms with Gasteiger partial charge in [0.15, 0.2) is 0 Å². The summed E-state index contributed by atoms with van der Waals surface area (Å²) in [5.41, 5.74) is 0.407. The van der Waals surface area contributed by atoms with E-state index in [1.54, 1.807) is 49.2 Å². The molecular weight excluding hydrogens is 278 g/mol. The highest BCUT2D eigenvalue weighted by molar-refractivity contribution is 6.30. The SMILES string of the molecule is Cn1cc(C(C)(O)CNCc2cc(Cl)ccc2O)cn1. The monoisotopic (exact) mass is 295 g/mol. The average molecular weight is 296 g/mol. The van der Waals surface area contributed by atoms with E-state index in [1.165, 1.54) is 0 Å². The first kappa shape index (κ1) is 14.8. The molecule has 0 amide bonds. The molecule has 108 valence electrons. The van der Waals surface area contributed by atoms with E-state index in [0.717, 1.165) is 5.56 Å². The number of halogens is 1. The van der Waals surface area contributed by atoms with Gasteiger partial charge in [-0.05, 0) is 25.1 Å². The molecule has 1 aromatic carbocycles. The maximum Gasteiger partial charge on any atom is 0.120 e. The number of nitrogens with one attached hydrogen (secondary N) is 1. The Morgan fingerprint density at radius 1 is 1.45 bits per heavy atom. The van der Waals surface area contributed by atoms with Gasteiger partial charge >= 0.3 is 0 Å². The molecule has 2 rings (SSSR count). The number of benzene rings is 1. The Morgan fingerprint density at radius 2 is 2.20 bits per heavy atom. The van der Waals surface area contributed by atoms with Crippen molar-refractivity contribution in [2.75, 3.05) is 6.54 Å². The number of rotatable bonds is 5. The number of aromatic nitrogens is 2. The number of aryl methyl sites for hydroxylation is 1. The predicted molar refractivity (Wildman–Crippen MR) is 77.6 cm³/mol. The molecule has 1 atom stereocenters. The Hall–Kier alpha value is -1.56. The van der Waals surface area contributed by atoms with Crippen LogP contribution in [0.3, 0.4) is 0 Å². The molecule has 0 aliphatic heterocycles. The number of hydrogen-bond donors (Lipinski definition) is 3. The van der Waals surface area contributed by atoms with E-state index in [2.05, 4.69) is 10.4 Å². The second-order valence-electron chi connectivity index (χ2n) is 5.05. The maximum atomic E-state index is 10.4. The fourth-order valence-electron chi connectivity index (χ4n) is 1.94. The zero-order valence-electron chi connectivity index (χ0n) is 11.5. The number of phenolic OH excluding ortho intramolecular Hbond substituents is 1. The minimum atomic E-state index is -1.03. The number of aliphatic hydroxyl groups is 1. The Morgan fingerprint density at radius 3 is 2.85 bits per heavy atom. The minimum Gasteiger partial charge on any atom is -0.508 e. The van der Waals surface area contributed by atoms with Gasteiger partial charge in [-0.3, -0.25) is 4.68 Å². The molecule has 0 aliphatic carbocycles. The maximum absolute atomic E-state index is 10.4. The summed E-state index contributed by atoms with van der Waals surface area (Å²) < 4.78 is 1.65. The first-order valence-corrected chi connectivity index (χ1v) is 6.66. The smallest absolute Gasteiger partial charge is 0.120 e. The van der Waals surface area contributed by atoms with Crippen LogP contribution in [-0.4, -0.2) is 26.5 Å². The molecule has 1 heterocycles. The van der Waals surface area contributed by atoms with Gasteiger partial charge in [0, 0.05) is 42.5 Å². The van der Waals surface area contributed by atoms with Gasteiger partial charge in [0.25, 0.3) is 0 Å². The van der Waals surface area contributed by atoms with Gasteiger partial charge < -0.3 is 15.5 Å². The molecule has 2 aromatic rings. The van der Waals surface area contributed by atoms with Gasteiger partial charge in [-0.15, -0.1) is 0 Å². The molecular formula is C14H18ClN3O2. The van der Waals surface area contributed by atoms with Crippen molar-refractivity contribution in [3.05, 3.63) is 46.7 Å². The Balaban J connectivity index is 1.97. The number of nitrogens with zero attached hydrogens (tertiary/aromatic N) is 2. The van der Waals surface area contributed by atoms with Crippen molar-refractivity contribution in [3.63, 3.8) is 0 Å². The van der Waals surface area contributed by atoms with Crippen molar-refractivity contribution in [2.45, 2.75) is 19.1 Å². The van der Waals surface area contributed by atoms with E-state index >= 15 is 0 Å². The Labute approximate surface area is 122 Å². The molecule has 0 bridgehead atoms. The molecule has 20 heavy (non-hydrogen) atoms. The van der Waals surface area contributed by atoms with E-state index in [4.69, 9.17) is 11.6 Å². The third kappa shape index (κ3) is 3.50. The highest BCUT2D eigenvalue weighted by atomic mass is 35.5. The van der Waals surface area contributed by atoms with E-state index in [9.17, 15) is 10.2 Å². The lowest BCUT2D eigenvalue weighted by atomic mass is 9.99. The standard InChI is InChI=1S/C14H18ClN3O2/c1-14(20,11-7-17-18(2)8-11)9-16-6-10-5-12(15)3-4-13(10)19/h3-5,7-8,16,19-20H,6,9H2,1-2H3. The van der Waals surface area contributed by atoms with Crippen LogP contribution in [0.4, 0.5) is 0 Å². The third-order valence-electron chi connectivity index (χ3n) is 3.15. The van der Waals surface area contributed by atoms with Crippen molar-refractivity contribution < 1.29 is 10.2 Å². The van der Waals surface area contributed by atoms with E-state index in [0.29, 0.717) is 23.7 Å². The van der Waals surface area contributed by atoms with Crippen LogP contribution in [0.5, 0.6) is 5.75 Å². The van der Waals surface area contributed by atoms with E-state index in [-0.39, 0.29) is 5.75 Å². The summed E-state index contributed by atoms with van der Waals surface area (Å²) in [6.45, 7) is 2.47. The molecule has 0 saturated carbocycles. The largest absolute Gasteiger partial charge is 0.508 e. The molecule has 6 heteroatoms. The summed E-state index contributed by atoms with van der Waals surface area (Å²) in [4.78, 5) is 0. The van der Waals surface area contributed by atoms with Crippen LogP contribution in [0, 0.1) is 0 Å². The highest BCUT2D eigenvalue weighted by Gasteiger charge is 2.24. The van der Waals surface area contributed by atoms with Crippen LogP contribution < -0.4 is 5.32 Å². The number of aromatic hydroxyl groups is 1. The number of phenols is 1. The topological polar surface area (TPSA) is 70.3 Å². The molecule has 0 spiro atoms. The van der Waals surface area contributed by atoms with Crippen molar-refractivity contribution >= 4 is 11.6 Å². The quantitative estimate of drug-likeness (QED) is 0.786. The minimum absolute atomic E-state index is 0.183. The van der Waals surface area contributed by atoms with E-state index in [1.807, 2.05) is 0 Å². The molecule has 0 radical (unpaired) electrons. The fourth-order valence-corrected chi connectivity index (χ4v) is 2.13. The summed E-state index contributed by atoms with van der Waals surface area (Å²) in [5.74, 6) is 0.183. The molecule has 0 aliphatic rings. The first-order chi connectivity index (χ1) is 9.38. The predicted octanol–water partition coefficient (Wildman–Crippen LogP) is 1.78. The summed E-state index contributed by atoms with van der Waals surface area (Å²) >= 11 is 5.89. The van der Waals surface area contributed by atoms with Crippen molar-refractivity contribution in [1.82, 2.24) is 15.1 Å². The van der Waals surface area contributed by atoms with Crippen molar-refractivity contribution in [1.29, 1.82) is 0 Å². The van der Waals surface area contributed by atoms with Gasteiger partial charge in [0.05, 0.1) is 6.20 Å². The molecule has 3 N–H and O–H groups in total. The second-order valence-corrected chi connectivity index (χ2v) is 5.49. The van der Waals surface area contributed by atoms with Crippen LogP contribution in [0.2, 0.25) is 5.02 Å². The van der Waals surface area contributed by atoms with Gasteiger partial charge in [-0.1, -0.05) is 11.6 Å². The fraction of sp³-hybridized carbons (Fsp3) is 0.357. The van der Waals surface area contributed by atoms with Crippen LogP contribution >= 0.6 is 11.6 Å². The van der Waals surface area contributed by atoms with Gasteiger partial charge in [-0.2, -0.15) is 5.10 Å². The molecule has 1 aromatic heterocycles. The normalized spacial score (nSPS) is 14.2. The second kappa shape index (κ2) is 5.83. The van der Waals surface area contributed by atoms with E-state index < -0.39 is 5.60 Å². The zero-order chi connectivity index (χ0) is 14.8. The zero-order valence-corrected chi connectivity index (χ0v) is 12.2. The summed E-state index contributed by atoms with van der Waals surface area (Å²) in [6.07, 6.45) is 3.41. The third-order valence-corrected chi connectivity index (χ3v) is 3.39. The lowest BCUT2D eigenvalue weighted by Gasteiger charge is -2.22. The number of hydrogen-bond acceptors (Lipinski definition) is 4. The lowest BCUT2D eigenvalue weighted by Crippen LogP contribution is -2.34. The average Bonchev–Trinajstić information content (AvgIpc) is 2.81. The van der Waals surface area contributed by atoms with Crippen molar-refractivity contribution in [2.24, 2.45) is 7.05 Å². The molecule has 0 fully saturated rings. The van der Waals surface area contributed by atoms with Crippen LogP contribution in [0.1, 0.15) is 18.1 Å². The highest BCUT2D eigenvalue weighted by Crippen LogP contribution is 2.22. The Bertz CT molecular complexity index is 596. The Kier molecular flexibility index (Phi) is 4.32.